The summed E-state index contributed by atoms with van der Waals surface area (Å²) in [6, 6.07) is 5.31. The van der Waals surface area contributed by atoms with Crippen molar-refractivity contribution in [2.45, 2.75) is 106 Å². The van der Waals surface area contributed by atoms with Crippen LogP contribution in [0.4, 0.5) is 0 Å². The third kappa shape index (κ3) is 7.34. The van der Waals surface area contributed by atoms with E-state index >= 15 is 0 Å². The second kappa shape index (κ2) is 15.1. The van der Waals surface area contributed by atoms with Crippen molar-refractivity contribution >= 4 is 11.0 Å². The molecule has 0 saturated carbocycles. The van der Waals surface area contributed by atoms with Gasteiger partial charge in [-0.05, 0) is 32.0 Å². The summed E-state index contributed by atoms with van der Waals surface area (Å²) in [5.41, 5.74) is -1.55. The van der Waals surface area contributed by atoms with Crippen molar-refractivity contribution in [3.63, 3.8) is 0 Å². The molecule has 292 valence electrons. The van der Waals surface area contributed by atoms with Crippen LogP contribution < -0.4 is 14.9 Å². The first-order chi connectivity index (χ1) is 25.0. The standard InChI is InChI=1S/C33H40O20/c1-9-19(37)23(41)26(44)31(48-9)47-8-17-21(39)25(43)28(46)33(52-17)53-30-22(40)18-15(36)6-12(50-32-27(45)24(42)20(38)10(2)49-32)7-16(18)51-29(30)11-3-4-13(34)14(35)5-11/h3-7,9-10,17,19-21,23-28,31-39,41-46H,8H2,1-2H3/t9-,10-,17+,19-,20-,21-,23+,24+,25+,26+,27+,28+,31+,32+,33+/m0/s1. The number of phenolic OH excluding ortho intramolecular Hbond substituents is 3. The molecule has 6 rings (SSSR count). The molecule has 20 heteroatoms. The predicted octanol–water partition coefficient (Wildman–Crippen LogP) is -3.19. The number of aromatic hydroxyl groups is 3. The molecular weight excluding hydrogens is 716 g/mol. The van der Waals surface area contributed by atoms with Gasteiger partial charge >= 0.3 is 0 Å². The van der Waals surface area contributed by atoms with E-state index in [0.29, 0.717) is 0 Å². The summed E-state index contributed by atoms with van der Waals surface area (Å²) in [6.07, 6.45) is -24.0. The summed E-state index contributed by atoms with van der Waals surface area (Å²) >= 11 is 0. The number of hydrogen-bond donors (Lipinski definition) is 12. The van der Waals surface area contributed by atoms with Gasteiger partial charge in [-0.2, -0.15) is 0 Å². The van der Waals surface area contributed by atoms with E-state index in [4.69, 9.17) is 32.8 Å². The van der Waals surface area contributed by atoms with E-state index in [1.165, 1.54) is 19.9 Å². The normalized spacial score (nSPS) is 37.8. The van der Waals surface area contributed by atoms with E-state index in [0.717, 1.165) is 24.3 Å². The van der Waals surface area contributed by atoms with Crippen LogP contribution in [0, 0.1) is 0 Å². The minimum atomic E-state index is -2.03. The first-order valence-corrected chi connectivity index (χ1v) is 16.4. The zero-order valence-corrected chi connectivity index (χ0v) is 27.9. The van der Waals surface area contributed by atoms with Gasteiger partial charge in [0.05, 0.1) is 18.8 Å². The Balaban J connectivity index is 1.34. The molecule has 3 saturated heterocycles. The monoisotopic (exact) mass is 756 g/mol. The van der Waals surface area contributed by atoms with Crippen LogP contribution in [0.25, 0.3) is 22.3 Å². The molecule has 0 bridgehead atoms. The lowest BCUT2D eigenvalue weighted by molar-refractivity contribution is -0.318. The number of ether oxygens (including phenoxy) is 6. The van der Waals surface area contributed by atoms with Crippen molar-refractivity contribution in [1.82, 2.24) is 0 Å². The SMILES string of the molecule is C[C@@H]1O[C@@H](OC[C@H]2O[C@H](Oc3c(-c4ccc(O)c(O)c4)oc4cc(O[C@H]5O[C@@H](C)[C@H](O)[C@@H](O)[C@H]5O)cc(O)c4c3=O)[C@H](O)[C@H](O)[C@H]2O)[C@H](O)[C@H](O)[C@H]1O. The highest BCUT2D eigenvalue weighted by Gasteiger charge is 2.48. The molecule has 15 atom stereocenters. The molecule has 0 amide bonds. The Labute approximate surface area is 298 Å². The van der Waals surface area contributed by atoms with Crippen molar-refractivity contribution in [3.8, 4) is 40.1 Å². The molecule has 0 radical (unpaired) electrons. The Morgan fingerprint density at radius 2 is 1.17 bits per heavy atom. The van der Waals surface area contributed by atoms with Gasteiger partial charge in [-0.3, -0.25) is 4.79 Å². The van der Waals surface area contributed by atoms with Gasteiger partial charge in [0, 0.05) is 17.7 Å². The minimum Gasteiger partial charge on any atom is -0.507 e. The van der Waals surface area contributed by atoms with Crippen LogP contribution in [-0.4, -0.2) is 160 Å². The summed E-state index contributed by atoms with van der Waals surface area (Å²) in [4.78, 5) is 14.0. The second-order valence-electron chi connectivity index (χ2n) is 13.1. The summed E-state index contributed by atoms with van der Waals surface area (Å²) in [5, 5.41) is 124. The maximum absolute atomic E-state index is 14.0. The fourth-order valence-electron chi connectivity index (χ4n) is 6.14. The third-order valence-electron chi connectivity index (χ3n) is 9.34. The van der Waals surface area contributed by atoms with Gasteiger partial charge in [0.2, 0.25) is 23.8 Å². The average molecular weight is 757 g/mol. The Kier molecular flexibility index (Phi) is 11.1. The molecule has 20 nitrogen and oxygen atoms in total. The lowest BCUT2D eigenvalue weighted by atomic mass is 9.98. The van der Waals surface area contributed by atoms with Gasteiger partial charge < -0.3 is 94.1 Å². The number of phenols is 3. The van der Waals surface area contributed by atoms with E-state index < -0.39 is 138 Å². The number of fused-ring (bicyclic) bond motifs is 1. The van der Waals surface area contributed by atoms with Gasteiger partial charge in [0.25, 0.3) is 0 Å². The largest absolute Gasteiger partial charge is 0.507 e. The average Bonchev–Trinajstić information content (AvgIpc) is 3.12. The quantitative estimate of drug-likeness (QED) is 0.101. The second-order valence-corrected chi connectivity index (χ2v) is 13.1. The molecule has 3 fully saturated rings. The van der Waals surface area contributed by atoms with Crippen molar-refractivity contribution in [2.75, 3.05) is 6.61 Å². The van der Waals surface area contributed by atoms with Crippen molar-refractivity contribution in [3.05, 3.63) is 40.6 Å². The highest BCUT2D eigenvalue weighted by atomic mass is 16.7. The lowest BCUT2D eigenvalue weighted by Gasteiger charge is -2.42. The first-order valence-electron chi connectivity index (χ1n) is 16.4. The molecule has 0 spiro atoms. The topological polar surface area (TPSA) is 328 Å². The predicted molar refractivity (Wildman–Crippen MR) is 172 cm³/mol. The summed E-state index contributed by atoms with van der Waals surface area (Å²) in [7, 11) is 0. The van der Waals surface area contributed by atoms with Gasteiger partial charge in [-0.25, -0.2) is 0 Å². The Hall–Kier alpha value is -3.87. The number of benzene rings is 2. The van der Waals surface area contributed by atoms with E-state index in [9.17, 15) is 66.1 Å². The summed E-state index contributed by atoms with van der Waals surface area (Å²) in [5.74, 6) is -3.42. The molecule has 0 unspecified atom stereocenters. The van der Waals surface area contributed by atoms with E-state index in [1.54, 1.807) is 0 Å². The molecule has 53 heavy (non-hydrogen) atoms. The van der Waals surface area contributed by atoms with Crippen LogP contribution in [0.3, 0.4) is 0 Å². The van der Waals surface area contributed by atoms with Crippen LogP contribution >= 0.6 is 0 Å². The number of rotatable bonds is 8. The molecule has 3 aliphatic rings. The smallest absolute Gasteiger partial charge is 0.239 e. The van der Waals surface area contributed by atoms with Crippen LogP contribution in [0.5, 0.6) is 28.7 Å². The number of hydrogen-bond acceptors (Lipinski definition) is 20. The highest BCUT2D eigenvalue weighted by molar-refractivity contribution is 5.88. The molecule has 2 aromatic carbocycles. The molecule has 3 aromatic rings. The number of aliphatic hydroxyl groups is 9. The van der Waals surface area contributed by atoms with Crippen molar-refractivity contribution < 1.29 is 94.1 Å². The van der Waals surface area contributed by atoms with E-state index in [2.05, 4.69) is 0 Å². The van der Waals surface area contributed by atoms with Crippen molar-refractivity contribution in [1.29, 1.82) is 0 Å². The zero-order chi connectivity index (χ0) is 38.6. The highest BCUT2D eigenvalue weighted by Crippen LogP contribution is 2.40. The Morgan fingerprint density at radius 1 is 0.604 bits per heavy atom. The molecular formula is C33H40O20. The first kappa shape index (κ1) is 38.8. The maximum atomic E-state index is 14.0. The van der Waals surface area contributed by atoms with Gasteiger partial charge in [-0.1, -0.05) is 0 Å². The van der Waals surface area contributed by atoms with Crippen LogP contribution in [-0.2, 0) is 18.9 Å². The van der Waals surface area contributed by atoms with Gasteiger partial charge in [0.1, 0.15) is 83.5 Å². The van der Waals surface area contributed by atoms with E-state index in [1.807, 2.05) is 0 Å². The van der Waals surface area contributed by atoms with Crippen LogP contribution in [0.15, 0.2) is 39.5 Å². The fourth-order valence-corrected chi connectivity index (χ4v) is 6.14. The molecule has 12 N–H and O–H groups in total. The Morgan fingerprint density at radius 3 is 1.79 bits per heavy atom. The molecule has 3 aliphatic heterocycles. The summed E-state index contributed by atoms with van der Waals surface area (Å²) in [6.45, 7) is 2.18. The Bertz CT molecular complexity index is 1830. The molecule has 0 aliphatic carbocycles. The zero-order valence-electron chi connectivity index (χ0n) is 27.9. The lowest BCUT2D eigenvalue weighted by Crippen LogP contribution is -2.61. The third-order valence-corrected chi connectivity index (χ3v) is 9.34. The fraction of sp³-hybridized carbons (Fsp3) is 0.545. The minimum absolute atomic E-state index is 0.0962. The molecule has 1 aromatic heterocycles. The van der Waals surface area contributed by atoms with Gasteiger partial charge in [-0.15, -0.1) is 0 Å². The van der Waals surface area contributed by atoms with Crippen LogP contribution in [0.2, 0.25) is 0 Å². The van der Waals surface area contributed by atoms with Crippen LogP contribution in [0.1, 0.15) is 13.8 Å². The maximum Gasteiger partial charge on any atom is 0.239 e. The number of aliphatic hydroxyl groups excluding tert-OH is 9. The van der Waals surface area contributed by atoms with E-state index in [-0.39, 0.29) is 16.9 Å². The summed E-state index contributed by atoms with van der Waals surface area (Å²) < 4.78 is 39.3. The van der Waals surface area contributed by atoms with Gasteiger partial charge in [0.15, 0.2) is 23.5 Å². The van der Waals surface area contributed by atoms with Crippen molar-refractivity contribution in [2.24, 2.45) is 0 Å². The molecule has 4 heterocycles.